The Balaban J connectivity index is 1.78. The Morgan fingerprint density at radius 3 is 3.05 bits per heavy atom. The number of amides is 1. The first-order valence-electron chi connectivity index (χ1n) is 7.17. The monoisotopic (exact) mass is 282 g/mol. The van der Waals surface area contributed by atoms with Crippen LogP contribution >= 0.6 is 0 Å². The van der Waals surface area contributed by atoms with E-state index >= 15 is 0 Å². The summed E-state index contributed by atoms with van der Waals surface area (Å²) in [5.74, 6) is 0.694. The van der Waals surface area contributed by atoms with Crippen LogP contribution in [0.15, 0.2) is 36.5 Å². The number of carbonyl (C=O) groups excluding carboxylic acids is 1. The van der Waals surface area contributed by atoms with E-state index in [0.717, 1.165) is 36.3 Å². The molecule has 0 saturated carbocycles. The van der Waals surface area contributed by atoms with E-state index < -0.39 is 0 Å². The normalized spacial score (nSPS) is 17.7. The first kappa shape index (κ1) is 13.7. The molecular weight excluding hydrogens is 264 g/mol. The van der Waals surface area contributed by atoms with E-state index in [1.54, 1.807) is 6.20 Å². The minimum Gasteiger partial charge on any atom is -0.325 e. The van der Waals surface area contributed by atoms with Crippen LogP contribution in [0.2, 0.25) is 0 Å². The summed E-state index contributed by atoms with van der Waals surface area (Å²) in [6, 6.07) is 9.41. The Hall–Kier alpha value is -2.27. The predicted octanol–water partition coefficient (Wildman–Crippen LogP) is 2.14. The van der Waals surface area contributed by atoms with Gasteiger partial charge in [-0.1, -0.05) is 12.1 Å². The van der Waals surface area contributed by atoms with Gasteiger partial charge >= 0.3 is 0 Å². The van der Waals surface area contributed by atoms with Gasteiger partial charge in [0.2, 0.25) is 5.91 Å². The maximum Gasteiger partial charge on any atom is 0.241 e. The first-order chi connectivity index (χ1) is 10.2. The molecule has 1 aliphatic heterocycles. The predicted molar refractivity (Wildman–Crippen MR) is 81.9 cm³/mol. The van der Waals surface area contributed by atoms with Crippen LogP contribution in [0.5, 0.6) is 0 Å². The topological polar surface area (TPSA) is 66.9 Å². The van der Waals surface area contributed by atoms with Gasteiger partial charge in [0, 0.05) is 23.1 Å². The standard InChI is InChI=1S/C16H18N4O/c1-11-7-9-18-15(19-11)12-4-2-5-13(10-12)20-16(21)14-6-3-8-17-14/h2,4-5,7,9-10,14,17H,3,6,8H2,1H3,(H,20,21). The number of hydrogen-bond donors (Lipinski definition) is 2. The van der Waals surface area contributed by atoms with Gasteiger partial charge in [0.1, 0.15) is 0 Å². The summed E-state index contributed by atoms with van der Waals surface area (Å²) < 4.78 is 0. The second kappa shape index (κ2) is 6.01. The fraction of sp³-hybridized carbons (Fsp3) is 0.312. The Morgan fingerprint density at radius 2 is 2.29 bits per heavy atom. The van der Waals surface area contributed by atoms with Crippen LogP contribution in [0.25, 0.3) is 11.4 Å². The number of rotatable bonds is 3. The number of hydrogen-bond acceptors (Lipinski definition) is 4. The van der Waals surface area contributed by atoms with Crippen molar-refractivity contribution in [3.05, 3.63) is 42.2 Å². The summed E-state index contributed by atoms with van der Waals surface area (Å²) in [5.41, 5.74) is 2.59. The van der Waals surface area contributed by atoms with Crippen molar-refractivity contribution in [2.45, 2.75) is 25.8 Å². The Kier molecular flexibility index (Phi) is 3.92. The number of aryl methyl sites for hydroxylation is 1. The Bertz CT molecular complexity index is 650. The van der Waals surface area contributed by atoms with Gasteiger partial charge in [-0.15, -0.1) is 0 Å². The smallest absolute Gasteiger partial charge is 0.241 e. The first-order valence-corrected chi connectivity index (χ1v) is 7.17. The zero-order valence-electron chi connectivity index (χ0n) is 12.0. The lowest BCUT2D eigenvalue weighted by Crippen LogP contribution is -2.35. The number of nitrogens with zero attached hydrogens (tertiary/aromatic N) is 2. The molecule has 5 nitrogen and oxygen atoms in total. The Morgan fingerprint density at radius 1 is 1.38 bits per heavy atom. The highest BCUT2D eigenvalue weighted by molar-refractivity contribution is 5.95. The lowest BCUT2D eigenvalue weighted by molar-refractivity contribution is -0.117. The third-order valence-electron chi connectivity index (χ3n) is 3.56. The molecule has 1 unspecified atom stereocenters. The summed E-state index contributed by atoms with van der Waals surface area (Å²) in [6.45, 7) is 2.85. The molecule has 1 saturated heterocycles. The number of aromatic nitrogens is 2. The van der Waals surface area contributed by atoms with E-state index in [-0.39, 0.29) is 11.9 Å². The van der Waals surface area contributed by atoms with Gasteiger partial charge in [0.05, 0.1) is 6.04 Å². The highest BCUT2D eigenvalue weighted by Gasteiger charge is 2.21. The lowest BCUT2D eigenvalue weighted by atomic mass is 10.1. The zero-order valence-corrected chi connectivity index (χ0v) is 12.0. The van der Waals surface area contributed by atoms with Crippen LogP contribution in [0, 0.1) is 6.92 Å². The van der Waals surface area contributed by atoms with Gasteiger partial charge in [-0.2, -0.15) is 0 Å². The summed E-state index contributed by atoms with van der Waals surface area (Å²) in [6.07, 6.45) is 3.69. The van der Waals surface area contributed by atoms with E-state index in [1.807, 2.05) is 37.3 Å². The van der Waals surface area contributed by atoms with E-state index in [9.17, 15) is 4.79 Å². The van der Waals surface area contributed by atoms with Crippen molar-refractivity contribution < 1.29 is 4.79 Å². The second-order valence-corrected chi connectivity index (χ2v) is 5.24. The van der Waals surface area contributed by atoms with Crippen molar-refractivity contribution in [3.8, 4) is 11.4 Å². The van der Waals surface area contributed by atoms with Gasteiger partial charge in [0.25, 0.3) is 0 Å². The van der Waals surface area contributed by atoms with Crippen LogP contribution in [-0.4, -0.2) is 28.5 Å². The molecule has 1 aromatic carbocycles. The molecule has 2 N–H and O–H groups in total. The van der Waals surface area contributed by atoms with E-state index in [0.29, 0.717) is 5.82 Å². The van der Waals surface area contributed by atoms with Crippen LogP contribution in [0.3, 0.4) is 0 Å². The molecular formula is C16H18N4O. The number of nitrogens with one attached hydrogen (secondary N) is 2. The maximum atomic E-state index is 12.1. The van der Waals surface area contributed by atoms with Crippen molar-refractivity contribution in [1.29, 1.82) is 0 Å². The van der Waals surface area contributed by atoms with Gasteiger partial charge in [-0.3, -0.25) is 4.79 Å². The van der Waals surface area contributed by atoms with E-state index in [1.165, 1.54) is 0 Å². The van der Waals surface area contributed by atoms with Gasteiger partial charge in [-0.05, 0) is 44.5 Å². The average Bonchev–Trinajstić information content (AvgIpc) is 3.02. The molecule has 0 radical (unpaired) electrons. The van der Waals surface area contributed by atoms with Crippen LogP contribution in [0.4, 0.5) is 5.69 Å². The minimum atomic E-state index is -0.0797. The fourth-order valence-electron chi connectivity index (χ4n) is 2.46. The molecule has 0 bridgehead atoms. The van der Waals surface area contributed by atoms with Crippen molar-refractivity contribution in [2.24, 2.45) is 0 Å². The lowest BCUT2D eigenvalue weighted by Gasteiger charge is -2.11. The van der Waals surface area contributed by atoms with Crippen LogP contribution in [-0.2, 0) is 4.79 Å². The number of carbonyl (C=O) groups is 1. The highest BCUT2D eigenvalue weighted by Crippen LogP contribution is 2.20. The quantitative estimate of drug-likeness (QED) is 0.905. The SMILES string of the molecule is Cc1ccnc(-c2cccc(NC(=O)C3CCCN3)c2)n1. The highest BCUT2D eigenvalue weighted by atomic mass is 16.2. The molecule has 1 aromatic heterocycles. The summed E-state index contributed by atoms with van der Waals surface area (Å²) in [5, 5.41) is 6.15. The fourth-order valence-corrected chi connectivity index (χ4v) is 2.46. The van der Waals surface area contributed by atoms with Crippen LogP contribution < -0.4 is 10.6 Å². The molecule has 0 aliphatic carbocycles. The molecule has 3 rings (SSSR count). The zero-order chi connectivity index (χ0) is 14.7. The Labute approximate surface area is 123 Å². The van der Waals surface area contributed by atoms with Crippen LogP contribution in [0.1, 0.15) is 18.5 Å². The average molecular weight is 282 g/mol. The van der Waals surface area contributed by atoms with Gasteiger partial charge in [0.15, 0.2) is 5.82 Å². The molecule has 108 valence electrons. The van der Waals surface area contributed by atoms with E-state index in [2.05, 4.69) is 20.6 Å². The van der Waals surface area contributed by atoms with Crippen molar-refractivity contribution in [3.63, 3.8) is 0 Å². The third kappa shape index (κ3) is 3.25. The number of benzene rings is 1. The summed E-state index contributed by atoms with van der Waals surface area (Å²) in [4.78, 5) is 20.8. The molecule has 5 heteroatoms. The third-order valence-corrected chi connectivity index (χ3v) is 3.56. The molecule has 0 spiro atoms. The van der Waals surface area contributed by atoms with Crippen molar-refractivity contribution in [1.82, 2.24) is 15.3 Å². The summed E-state index contributed by atoms with van der Waals surface area (Å²) >= 11 is 0. The molecule has 2 heterocycles. The van der Waals surface area contributed by atoms with E-state index in [4.69, 9.17) is 0 Å². The molecule has 1 aliphatic rings. The van der Waals surface area contributed by atoms with Crippen molar-refractivity contribution >= 4 is 11.6 Å². The summed E-state index contributed by atoms with van der Waals surface area (Å²) in [7, 11) is 0. The molecule has 1 atom stereocenters. The van der Waals surface area contributed by atoms with Gasteiger partial charge in [-0.25, -0.2) is 9.97 Å². The van der Waals surface area contributed by atoms with Gasteiger partial charge < -0.3 is 10.6 Å². The van der Waals surface area contributed by atoms with Crippen molar-refractivity contribution in [2.75, 3.05) is 11.9 Å². The maximum absolute atomic E-state index is 12.1. The minimum absolute atomic E-state index is 0.0230. The molecule has 2 aromatic rings. The molecule has 1 fully saturated rings. The number of anilines is 1. The largest absolute Gasteiger partial charge is 0.325 e. The molecule has 1 amide bonds. The molecule has 21 heavy (non-hydrogen) atoms. The second-order valence-electron chi connectivity index (χ2n) is 5.24.